The Kier molecular flexibility index (Phi) is 15.9. The van der Waals surface area contributed by atoms with Crippen LogP contribution in [0.4, 0.5) is 5.69 Å². The van der Waals surface area contributed by atoms with Gasteiger partial charge in [-0.25, -0.2) is 9.97 Å². The Bertz CT molecular complexity index is 4110. The number of nitrogens with one attached hydrogen (secondary N) is 1. The van der Waals surface area contributed by atoms with Gasteiger partial charge >= 0.3 is 19.5 Å². The Morgan fingerprint density at radius 2 is 0.792 bits per heavy atom. The molecule has 1 amide bonds. The van der Waals surface area contributed by atoms with E-state index in [4.69, 9.17) is 39.9 Å². The van der Waals surface area contributed by atoms with Crippen molar-refractivity contribution < 1.29 is 24.3 Å². The fourth-order valence-corrected chi connectivity index (χ4v) is 10.4. The summed E-state index contributed by atoms with van der Waals surface area (Å²) < 4.78 is 0. The minimum Gasteiger partial charge on any atom is -0.357 e. The molecular weight excluding hydrogens is 1000 g/mol. The first kappa shape index (κ1) is 55.5. The number of amides is 1. The van der Waals surface area contributed by atoms with Gasteiger partial charge in [0.1, 0.15) is 0 Å². The van der Waals surface area contributed by atoms with E-state index in [0.717, 1.165) is 88.5 Å². The van der Waals surface area contributed by atoms with Crippen LogP contribution in [0.5, 0.6) is 0 Å². The number of fused-ring (bicyclic) bond motifs is 20. The van der Waals surface area contributed by atoms with E-state index in [0.29, 0.717) is 62.5 Å². The van der Waals surface area contributed by atoms with E-state index in [1.54, 1.807) is 6.92 Å². The number of benzene rings is 4. The van der Waals surface area contributed by atoms with Gasteiger partial charge in [0, 0.05) is 56.1 Å². The first-order valence-corrected chi connectivity index (χ1v) is 26.0. The molecule has 2 aliphatic heterocycles. The molecule has 3 aromatic heterocycles. The molecule has 0 saturated carbocycles. The van der Waals surface area contributed by atoms with Gasteiger partial charge in [0.25, 0.3) is 5.91 Å². The normalized spacial score (nSPS) is 13.3. The van der Waals surface area contributed by atoms with Crippen LogP contribution in [0.1, 0.15) is 101 Å². The van der Waals surface area contributed by atoms with E-state index >= 15 is 0 Å². The Hall–Kier alpha value is -7.75. The molecule has 0 saturated heterocycles. The minimum absolute atomic E-state index is 0. The fourth-order valence-electron chi connectivity index (χ4n) is 10.4. The van der Waals surface area contributed by atoms with Gasteiger partial charge in [-0.1, -0.05) is 95.7 Å². The van der Waals surface area contributed by atoms with Crippen LogP contribution in [0.3, 0.4) is 0 Å². The van der Waals surface area contributed by atoms with Crippen molar-refractivity contribution in [2.45, 2.75) is 118 Å². The van der Waals surface area contributed by atoms with E-state index in [2.05, 4.69) is 133 Å². The molecule has 77 heavy (non-hydrogen) atoms. The van der Waals surface area contributed by atoms with Gasteiger partial charge in [0.2, 0.25) is 0 Å². The summed E-state index contributed by atoms with van der Waals surface area (Å²) in [7, 11) is 0. The Morgan fingerprint density at radius 3 is 1.23 bits per heavy atom. The van der Waals surface area contributed by atoms with Crippen molar-refractivity contribution in [3.05, 3.63) is 180 Å². The molecule has 384 valence electrons. The van der Waals surface area contributed by atoms with E-state index in [1.165, 1.54) is 33.4 Å². The van der Waals surface area contributed by atoms with Crippen LogP contribution in [-0.4, -0.2) is 35.8 Å². The zero-order valence-electron chi connectivity index (χ0n) is 47.9. The quantitative estimate of drug-likeness (QED) is 0.0851. The number of carbonyl (C=O) groups is 1. The van der Waals surface area contributed by atoms with Crippen LogP contribution in [0.25, 0.3) is 89.7 Å². The standard InChI is InChI=1S/C66H68N9O.Zn/c1-18-23-33(2)26-21-27-34(3)24-19-20-25-35(4)28-22-29-36(5)66(76)67-49-30-31-50-51(32-49)59-68-58(50)69-60-52-43(12)37(6)39(8)45(14)54(52)62(71-60)73-64-56-47(16)41(10)42(11)48(17)57(56)65(75-64)74-63-55-46(15)40(9)38(7)44(13)53(55)61(70-59)72-63;/h18-32H,1-17H3,(H2-,67,68,69,70,71,72,73,74,75,76);/q-1;+2/p-1/b20-19+,23-18+,27-21+,28-22+,33-26+,34-24+,35-25+,36-29+;. The van der Waals surface area contributed by atoms with Gasteiger partial charge in [0.15, 0.2) is 0 Å². The third kappa shape index (κ3) is 10.2. The van der Waals surface area contributed by atoms with Crippen LogP contribution in [0.2, 0.25) is 0 Å². The number of hydrogen-bond donors (Lipinski definition) is 1. The number of nitrogens with zero attached hydrogens (tertiary/aromatic N) is 8. The summed E-state index contributed by atoms with van der Waals surface area (Å²) in [6, 6.07) is 5.75. The molecule has 8 bridgehead atoms. The van der Waals surface area contributed by atoms with Crippen LogP contribution in [0, 0.1) is 83.1 Å². The zero-order chi connectivity index (χ0) is 54.6. The summed E-state index contributed by atoms with van der Waals surface area (Å²) in [6.07, 6.45) is 24.2. The second kappa shape index (κ2) is 22.1. The second-order valence-electron chi connectivity index (χ2n) is 20.6. The predicted molar refractivity (Wildman–Crippen MR) is 317 cm³/mol. The van der Waals surface area contributed by atoms with Crippen molar-refractivity contribution >= 4 is 55.7 Å². The molecule has 2 aliphatic rings. The van der Waals surface area contributed by atoms with Gasteiger partial charge in [-0.3, -0.25) is 4.79 Å². The fraction of sp³-hybridized carbons (Fsp3) is 0.258. The third-order valence-electron chi connectivity index (χ3n) is 15.9. The average molecular weight is 1070 g/mol. The SMILES string of the molecule is C/C=C/C(C)=C/C=C/C(C)=C/C=C/C=C(C)/C=C/C=C(\C)C(=O)Nc1ccc2c3nc4nc(nc5[n-]c(nc6nc(nc([n-]3)c2c1)-c1c(C)c(C)c(C)c(C)c1-6)c1c(C)c(C)c(C)c(C)c51)-c1c(C)c(C)c(C)c(C)c1-4.[Zn+2]. The molecule has 0 atom stereocenters. The van der Waals surface area contributed by atoms with Gasteiger partial charge in [-0.05, 0) is 218 Å². The van der Waals surface area contributed by atoms with Crippen molar-refractivity contribution in [1.82, 2.24) is 39.9 Å². The third-order valence-corrected chi connectivity index (χ3v) is 15.9. The van der Waals surface area contributed by atoms with Gasteiger partial charge in [-0.2, -0.15) is 0 Å². The van der Waals surface area contributed by atoms with Gasteiger partial charge < -0.3 is 35.2 Å². The summed E-state index contributed by atoms with van der Waals surface area (Å²) in [5.74, 6) is 1.85. The molecule has 11 heteroatoms. The van der Waals surface area contributed by atoms with Crippen molar-refractivity contribution in [3.63, 3.8) is 0 Å². The smallest absolute Gasteiger partial charge is 0.357 e. The van der Waals surface area contributed by atoms with Crippen molar-refractivity contribution in [2.24, 2.45) is 0 Å². The molecule has 10 nitrogen and oxygen atoms in total. The number of rotatable bonds is 9. The Balaban J connectivity index is 0.00000784. The molecule has 9 rings (SSSR count). The van der Waals surface area contributed by atoms with E-state index in [1.807, 2.05) is 74.6 Å². The molecule has 0 spiro atoms. The largest absolute Gasteiger partial charge is 2.00 e. The van der Waals surface area contributed by atoms with Gasteiger partial charge in [0.05, 0.1) is 23.3 Å². The molecule has 4 aromatic carbocycles. The van der Waals surface area contributed by atoms with Crippen LogP contribution >= 0.6 is 0 Å². The predicted octanol–water partition coefficient (Wildman–Crippen LogP) is 15.8. The van der Waals surface area contributed by atoms with Crippen molar-refractivity contribution in [1.29, 1.82) is 0 Å². The minimum atomic E-state index is -0.233. The van der Waals surface area contributed by atoms with E-state index in [-0.39, 0.29) is 25.4 Å². The van der Waals surface area contributed by atoms with Crippen LogP contribution in [0.15, 0.2) is 113 Å². The van der Waals surface area contributed by atoms with Crippen LogP contribution in [-0.2, 0) is 24.3 Å². The molecule has 0 radical (unpaired) electrons. The number of anilines is 1. The number of aryl methyl sites for hydroxylation is 2. The number of aromatic nitrogens is 8. The summed E-state index contributed by atoms with van der Waals surface area (Å²) >= 11 is 0. The summed E-state index contributed by atoms with van der Waals surface area (Å²) in [5, 5.41) is 6.48. The number of allylic oxidation sites excluding steroid dienone is 15. The van der Waals surface area contributed by atoms with Crippen molar-refractivity contribution in [2.75, 3.05) is 5.32 Å². The number of carbonyl (C=O) groups excluding carboxylic acids is 1. The number of hydrogen-bond acceptors (Lipinski definition) is 7. The zero-order valence-corrected chi connectivity index (χ0v) is 50.8. The molecular formula is C66H67N9OZn. The molecule has 0 fully saturated rings. The molecule has 5 heterocycles. The average Bonchev–Trinajstić information content (AvgIpc) is 4.22. The maximum Gasteiger partial charge on any atom is 2.00 e. The summed E-state index contributed by atoms with van der Waals surface area (Å²) in [4.78, 5) is 56.4. The van der Waals surface area contributed by atoms with E-state index in [9.17, 15) is 4.79 Å². The topological polar surface area (TPSA) is 135 Å². The van der Waals surface area contributed by atoms with Crippen molar-refractivity contribution in [3.8, 4) is 45.6 Å². The summed E-state index contributed by atoms with van der Waals surface area (Å²) in [6.45, 7) is 35.7. The second-order valence-corrected chi connectivity index (χ2v) is 20.6. The first-order valence-electron chi connectivity index (χ1n) is 26.0. The maximum atomic E-state index is 13.8. The molecule has 7 aromatic rings. The van der Waals surface area contributed by atoms with E-state index < -0.39 is 0 Å². The summed E-state index contributed by atoms with van der Waals surface area (Å²) in [5.41, 5.74) is 23.7. The molecule has 0 aliphatic carbocycles. The Morgan fingerprint density at radius 1 is 0.429 bits per heavy atom. The van der Waals surface area contributed by atoms with Gasteiger partial charge in [-0.15, -0.1) is 0 Å². The monoisotopic (exact) mass is 1070 g/mol. The first-order chi connectivity index (χ1) is 36.2. The maximum absolute atomic E-state index is 13.8. The molecule has 0 unspecified atom stereocenters. The molecule has 1 N–H and O–H groups in total. The van der Waals surface area contributed by atoms with Crippen LogP contribution < -0.4 is 15.3 Å². The Labute approximate surface area is 466 Å².